The zero-order chi connectivity index (χ0) is 11.5. The lowest BCUT2D eigenvalue weighted by Gasteiger charge is -2.02. The van der Waals surface area contributed by atoms with E-state index in [1.54, 1.807) is 6.92 Å². The molecular weight excluding hydrogens is 198 g/mol. The Morgan fingerprint density at radius 3 is 2.75 bits per heavy atom. The largest absolute Gasteiger partial charge is 0.347 e. The van der Waals surface area contributed by atoms with Gasteiger partial charge in [-0.15, -0.1) is 0 Å². The lowest BCUT2D eigenvalue weighted by atomic mass is 10.1. The minimum absolute atomic E-state index is 0.145. The molecule has 1 heterocycles. The molecule has 0 aliphatic rings. The van der Waals surface area contributed by atoms with Crippen molar-refractivity contribution < 1.29 is 4.79 Å². The monoisotopic (exact) mass is 215 g/mol. The second-order valence-corrected chi connectivity index (χ2v) is 4.16. The van der Waals surface area contributed by atoms with Crippen molar-refractivity contribution in [1.29, 1.82) is 0 Å². The van der Waals surface area contributed by atoms with Crippen LogP contribution >= 0.6 is 0 Å². The fraction of sp³-hybridized carbons (Fsp3) is 0.357. The normalized spacial score (nSPS) is 10.9. The maximum absolute atomic E-state index is 11.5. The van der Waals surface area contributed by atoms with E-state index >= 15 is 0 Å². The van der Waals surface area contributed by atoms with Gasteiger partial charge in [0.25, 0.3) is 0 Å². The van der Waals surface area contributed by atoms with E-state index in [1.807, 2.05) is 24.4 Å². The number of hydrogen-bond donors (Lipinski definition) is 0. The van der Waals surface area contributed by atoms with Gasteiger partial charge < -0.3 is 4.57 Å². The lowest BCUT2D eigenvalue weighted by Crippen LogP contribution is -1.95. The highest BCUT2D eigenvalue weighted by molar-refractivity contribution is 6.06. The van der Waals surface area contributed by atoms with E-state index in [2.05, 4.69) is 17.6 Å². The van der Waals surface area contributed by atoms with Gasteiger partial charge in [0.1, 0.15) is 0 Å². The molecule has 0 aliphatic heterocycles. The molecule has 2 heteroatoms. The van der Waals surface area contributed by atoms with Crippen LogP contribution in [0.2, 0.25) is 0 Å². The Balaban J connectivity index is 2.53. The van der Waals surface area contributed by atoms with Crippen LogP contribution in [0.25, 0.3) is 10.9 Å². The molecule has 0 bridgehead atoms. The molecule has 84 valence electrons. The van der Waals surface area contributed by atoms with Gasteiger partial charge in [0.2, 0.25) is 0 Å². The highest BCUT2D eigenvalue weighted by atomic mass is 16.1. The summed E-state index contributed by atoms with van der Waals surface area (Å²) >= 11 is 0. The molecule has 0 amide bonds. The summed E-state index contributed by atoms with van der Waals surface area (Å²) in [5.74, 6) is 0.145. The first kappa shape index (κ1) is 10.9. The third-order valence-corrected chi connectivity index (χ3v) is 2.92. The number of rotatable bonds is 4. The van der Waals surface area contributed by atoms with Crippen LogP contribution in [0.15, 0.2) is 30.5 Å². The van der Waals surface area contributed by atoms with E-state index in [4.69, 9.17) is 0 Å². The summed E-state index contributed by atoms with van der Waals surface area (Å²) in [7, 11) is 0. The fourth-order valence-electron chi connectivity index (χ4n) is 2.04. The summed E-state index contributed by atoms with van der Waals surface area (Å²) in [4.78, 5) is 11.5. The van der Waals surface area contributed by atoms with Gasteiger partial charge in [0, 0.05) is 29.2 Å². The summed E-state index contributed by atoms with van der Waals surface area (Å²) in [6.45, 7) is 4.80. The van der Waals surface area contributed by atoms with E-state index in [-0.39, 0.29) is 5.78 Å². The average Bonchev–Trinajstić information content (AvgIpc) is 2.65. The molecule has 1 aromatic carbocycles. The number of ketones is 1. The quantitative estimate of drug-likeness (QED) is 0.714. The van der Waals surface area contributed by atoms with Crippen LogP contribution in [0.1, 0.15) is 37.0 Å². The van der Waals surface area contributed by atoms with Crippen LogP contribution < -0.4 is 0 Å². The first-order chi connectivity index (χ1) is 7.74. The number of fused-ring (bicyclic) bond motifs is 1. The van der Waals surface area contributed by atoms with Crippen LogP contribution in [0.5, 0.6) is 0 Å². The fourth-order valence-corrected chi connectivity index (χ4v) is 2.04. The third kappa shape index (κ3) is 1.87. The van der Waals surface area contributed by atoms with E-state index < -0.39 is 0 Å². The summed E-state index contributed by atoms with van der Waals surface area (Å²) in [6.07, 6.45) is 4.31. The molecular formula is C14H17NO. The molecule has 0 unspecified atom stereocenters. The van der Waals surface area contributed by atoms with E-state index in [0.29, 0.717) is 0 Å². The van der Waals surface area contributed by atoms with Gasteiger partial charge in [-0.2, -0.15) is 0 Å². The Hall–Kier alpha value is -1.57. The highest BCUT2D eigenvalue weighted by Gasteiger charge is 2.10. The number of Topliss-reactive ketones (excluding diaryl/α,β-unsaturated/α-hetero) is 1. The molecule has 0 saturated heterocycles. The number of nitrogens with zero attached hydrogens (tertiary/aromatic N) is 1. The van der Waals surface area contributed by atoms with Crippen molar-refractivity contribution in [3.05, 3.63) is 36.0 Å². The highest BCUT2D eigenvalue weighted by Crippen LogP contribution is 2.22. The summed E-state index contributed by atoms with van der Waals surface area (Å²) < 4.78 is 2.19. The van der Waals surface area contributed by atoms with Gasteiger partial charge in [0.15, 0.2) is 5.78 Å². The maximum atomic E-state index is 11.5. The third-order valence-electron chi connectivity index (χ3n) is 2.92. The van der Waals surface area contributed by atoms with Gasteiger partial charge in [0.05, 0.1) is 0 Å². The summed E-state index contributed by atoms with van der Waals surface area (Å²) in [5, 5.41) is 1.08. The predicted molar refractivity (Wildman–Crippen MR) is 66.9 cm³/mol. The molecule has 0 spiro atoms. The molecule has 0 radical (unpaired) electrons. The number of unbranched alkanes of at least 4 members (excludes halogenated alkanes) is 1. The minimum atomic E-state index is 0.145. The number of benzene rings is 1. The summed E-state index contributed by atoms with van der Waals surface area (Å²) in [6, 6.07) is 8.11. The number of carbonyl (C=O) groups is 1. The van der Waals surface area contributed by atoms with Gasteiger partial charge >= 0.3 is 0 Å². The Morgan fingerprint density at radius 2 is 2.06 bits per heavy atom. The van der Waals surface area contributed by atoms with E-state index in [1.165, 1.54) is 11.9 Å². The Morgan fingerprint density at radius 1 is 1.31 bits per heavy atom. The second-order valence-electron chi connectivity index (χ2n) is 4.16. The number of aromatic nitrogens is 1. The van der Waals surface area contributed by atoms with Gasteiger partial charge in [-0.3, -0.25) is 4.79 Å². The zero-order valence-corrected chi connectivity index (χ0v) is 9.86. The molecule has 0 aliphatic carbocycles. The molecule has 2 aromatic rings. The first-order valence-corrected chi connectivity index (χ1v) is 5.83. The second kappa shape index (κ2) is 4.52. The average molecular weight is 215 g/mol. The molecule has 0 fully saturated rings. The van der Waals surface area contributed by atoms with Gasteiger partial charge in [-0.1, -0.05) is 31.5 Å². The smallest absolute Gasteiger partial charge is 0.161 e. The number of carbonyl (C=O) groups excluding carboxylic acids is 1. The zero-order valence-electron chi connectivity index (χ0n) is 9.86. The Labute approximate surface area is 95.9 Å². The van der Waals surface area contributed by atoms with Gasteiger partial charge in [-0.25, -0.2) is 0 Å². The minimum Gasteiger partial charge on any atom is -0.347 e. The SMILES string of the molecule is CCCCn1cc(C(C)=O)c2ccccc21. The van der Waals surface area contributed by atoms with Crippen molar-refractivity contribution >= 4 is 16.7 Å². The number of aryl methyl sites for hydroxylation is 1. The standard InChI is InChI=1S/C14H17NO/c1-3-4-9-15-10-13(11(2)16)12-7-5-6-8-14(12)15/h5-8,10H,3-4,9H2,1-2H3. The molecule has 1 aromatic heterocycles. The van der Waals surface area contributed by atoms with Crippen molar-refractivity contribution in [2.24, 2.45) is 0 Å². The molecule has 0 saturated carbocycles. The molecule has 2 nitrogen and oxygen atoms in total. The topological polar surface area (TPSA) is 22.0 Å². The van der Waals surface area contributed by atoms with Gasteiger partial charge in [-0.05, 0) is 19.4 Å². The van der Waals surface area contributed by atoms with Crippen LogP contribution in [0.3, 0.4) is 0 Å². The van der Waals surface area contributed by atoms with Crippen molar-refractivity contribution in [3.63, 3.8) is 0 Å². The summed E-state index contributed by atoms with van der Waals surface area (Å²) in [5.41, 5.74) is 2.01. The maximum Gasteiger partial charge on any atom is 0.161 e. The van der Waals surface area contributed by atoms with Crippen LogP contribution in [-0.4, -0.2) is 10.4 Å². The van der Waals surface area contributed by atoms with Crippen molar-refractivity contribution in [1.82, 2.24) is 4.57 Å². The van der Waals surface area contributed by atoms with Crippen molar-refractivity contribution in [2.45, 2.75) is 33.2 Å². The Kier molecular flexibility index (Phi) is 3.09. The molecule has 0 N–H and O–H groups in total. The van der Waals surface area contributed by atoms with E-state index in [9.17, 15) is 4.79 Å². The Bertz CT molecular complexity index is 510. The van der Waals surface area contributed by atoms with Crippen molar-refractivity contribution in [2.75, 3.05) is 0 Å². The molecule has 0 atom stereocenters. The molecule has 16 heavy (non-hydrogen) atoms. The van der Waals surface area contributed by atoms with Crippen molar-refractivity contribution in [3.8, 4) is 0 Å². The van der Waals surface area contributed by atoms with E-state index in [0.717, 1.165) is 23.9 Å². The predicted octanol–water partition coefficient (Wildman–Crippen LogP) is 3.64. The van der Waals surface area contributed by atoms with Crippen LogP contribution in [-0.2, 0) is 6.54 Å². The number of para-hydroxylation sites is 1. The first-order valence-electron chi connectivity index (χ1n) is 5.83. The van der Waals surface area contributed by atoms with Crippen LogP contribution in [0, 0.1) is 0 Å². The number of hydrogen-bond acceptors (Lipinski definition) is 1. The van der Waals surface area contributed by atoms with Crippen LogP contribution in [0.4, 0.5) is 0 Å². The lowest BCUT2D eigenvalue weighted by molar-refractivity contribution is 0.101. The molecule has 2 rings (SSSR count).